The first-order chi connectivity index (χ1) is 7.83. The fraction of sp³-hybridized carbons (Fsp3) is 1.00. The summed E-state index contributed by atoms with van der Waals surface area (Å²) in [7, 11) is 3.93. The molecule has 3 heteroatoms. The summed E-state index contributed by atoms with van der Waals surface area (Å²) in [6.45, 7) is 4.77. The zero-order valence-electron chi connectivity index (χ0n) is 10.7. The van der Waals surface area contributed by atoms with Gasteiger partial charge in [-0.2, -0.15) is 0 Å². The van der Waals surface area contributed by atoms with E-state index in [0.717, 1.165) is 24.5 Å². The highest BCUT2D eigenvalue weighted by atomic mass is 16.5. The molecule has 0 aromatic carbocycles. The lowest BCUT2D eigenvalue weighted by molar-refractivity contribution is 0.150. The van der Waals surface area contributed by atoms with E-state index in [2.05, 4.69) is 17.3 Å². The summed E-state index contributed by atoms with van der Waals surface area (Å²) in [5.41, 5.74) is 0. The molecule has 0 radical (unpaired) electrons. The maximum Gasteiger partial charge on any atom is 0.0503 e. The van der Waals surface area contributed by atoms with Gasteiger partial charge in [-0.15, -0.1) is 0 Å². The van der Waals surface area contributed by atoms with Crippen molar-refractivity contribution in [2.45, 2.75) is 31.7 Å². The first-order valence-corrected chi connectivity index (χ1v) is 6.72. The minimum atomic E-state index is 0.765. The molecule has 1 heterocycles. The highest BCUT2D eigenvalue weighted by Crippen LogP contribution is 2.28. The molecule has 2 rings (SSSR count). The van der Waals surface area contributed by atoms with Crippen LogP contribution in [0.5, 0.6) is 0 Å². The Hall–Kier alpha value is -0.120. The van der Waals surface area contributed by atoms with E-state index >= 15 is 0 Å². The van der Waals surface area contributed by atoms with Crippen LogP contribution in [0, 0.1) is 11.8 Å². The quantitative estimate of drug-likeness (QED) is 0.766. The van der Waals surface area contributed by atoms with Crippen molar-refractivity contribution >= 4 is 0 Å². The van der Waals surface area contributed by atoms with Gasteiger partial charge >= 0.3 is 0 Å². The van der Waals surface area contributed by atoms with E-state index in [9.17, 15) is 0 Å². The largest absolute Gasteiger partial charge is 0.384 e. The molecule has 3 atom stereocenters. The van der Waals surface area contributed by atoms with Crippen molar-refractivity contribution in [3.8, 4) is 0 Å². The van der Waals surface area contributed by atoms with Crippen LogP contribution in [-0.4, -0.2) is 51.3 Å². The summed E-state index contributed by atoms with van der Waals surface area (Å²) in [5.74, 6) is 1.66. The Balaban J connectivity index is 1.74. The fourth-order valence-corrected chi connectivity index (χ4v) is 3.42. The minimum absolute atomic E-state index is 0.765. The SMILES string of the molecule is CNC1CCCC1CN1CCC(COC)C1. The standard InChI is InChI=1S/C13H26N2O/c1-14-13-5-3-4-12(13)9-15-7-6-11(8-15)10-16-2/h11-14H,3-10H2,1-2H3. The molecule has 1 aliphatic heterocycles. The van der Waals surface area contributed by atoms with Gasteiger partial charge in [-0.1, -0.05) is 6.42 Å². The first-order valence-electron chi connectivity index (χ1n) is 6.72. The zero-order valence-corrected chi connectivity index (χ0v) is 10.7. The van der Waals surface area contributed by atoms with Crippen molar-refractivity contribution < 1.29 is 4.74 Å². The van der Waals surface area contributed by atoms with E-state index < -0.39 is 0 Å². The fourth-order valence-electron chi connectivity index (χ4n) is 3.42. The van der Waals surface area contributed by atoms with Gasteiger partial charge < -0.3 is 15.0 Å². The molecule has 3 nitrogen and oxygen atoms in total. The number of rotatable bonds is 5. The molecule has 1 saturated carbocycles. The Labute approximate surface area is 99.5 Å². The van der Waals surface area contributed by atoms with Crippen LogP contribution in [0.3, 0.4) is 0 Å². The number of hydrogen-bond donors (Lipinski definition) is 1. The number of hydrogen-bond acceptors (Lipinski definition) is 3. The molecule has 3 unspecified atom stereocenters. The summed E-state index contributed by atoms with van der Waals surface area (Å²) in [4.78, 5) is 2.64. The molecule has 1 saturated heterocycles. The van der Waals surface area contributed by atoms with Crippen LogP contribution < -0.4 is 5.32 Å². The molecule has 1 N–H and O–H groups in total. The second-order valence-electron chi connectivity index (χ2n) is 5.46. The van der Waals surface area contributed by atoms with Crippen LogP contribution >= 0.6 is 0 Å². The van der Waals surface area contributed by atoms with Crippen molar-refractivity contribution in [1.82, 2.24) is 10.2 Å². The van der Waals surface area contributed by atoms with Crippen LogP contribution in [0.25, 0.3) is 0 Å². The van der Waals surface area contributed by atoms with Gasteiger partial charge in [0.15, 0.2) is 0 Å². The molecule has 94 valence electrons. The topological polar surface area (TPSA) is 24.5 Å². The Kier molecular flexibility index (Phi) is 4.62. The molecular weight excluding hydrogens is 200 g/mol. The van der Waals surface area contributed by atoms with Gasteiger partial charge in [0.2, 0.25) is 0 Å². The van der Waals surface area contributed by atoms with Gasteiger partial charge in [0, 0.05) is 26.2 Å². The Bertz CT molecular complexity index is 210. The van der Waals surface area contributed by atoms with Crippen LogP contribution in [0.15, 0.2) is 0 Å². The number of nitrogens with zero attached hydrogens (tertiary/aromatic N) is 1. The molecule has 2 aliphatic rings. The zero-order chi connectivity index (χ0) is 11.4. The predicted octanol–water partition coefficient (Wildman–Crippen LogP) is 1.34. The van der Waals surface area contributed by atoms with Gasteiger partial charge in [-0.05, 0) is 44.7 Å². The van der Waals surface area contributed by atoms with E-state index in [-0.39, 0.29) is 0 Å². The van der Waals surface area contributed by atoms with E-state index in [4.69, 9.17) is 4.74 Å². The van der Waals surface area contributed by atoms with Gasteiger partial charge in [0.25, 0.3) is 0 Å². The third-order valence-electron chi connectivity index (χ3n) is 4.29. The molecule has 16 heavy (non-hydrogen) atoms. The molecule has 1 aliphatic carbocycles. The Morgan fingerprint density at radius 1 is 1.31 bits per heavy atom. The lowest BCUT2D eigenvalue weighted by Crippen LogP contribution is -2.37. The third-order valence-corrected chi connectivity index (χ3v) is 4.29. The Morgan fingerprint density at radius 3 is 2.94 bits per heavy atom. The van der Waals surface area contributed by atoms with Crippen molar-refractivity contribution in [1.29, 1.82) is 0 Å². The molecule has 0 amide bonds. The number of nitrogens with one attached hydrogen (secondary N) is 1. The summed E-state index contributed by atoms with van der Waals surface area (Å²) in [6, 6.07) is 0.765. The van der Waals surface area contributed by atoms with Crippen molar-refractivity contribution in [2.75, 3.05) is 40.4 Å². The van der Waals surface area contributed by atoms with Crippen LogP contribution in [-0.2, 0) is 4.74 Å². The molecule has 0 bridgehead atoms. The smallest absolute Gasteiger partial charge is 0.0503 e. The van der Waals surface area contributed by atoms with E-state index in [1.54, 1.807) is 0 Å². The van der Waals surface area contributed by atoms with Crippen molar-refractivity contribution in [3.63, 3.8) is 0 Å². The average Bonchev–Trinajstić information content (AvgIpc) is 2.89. The number of likely N-dealkylation sites (tertiary alicyclic amines) is 1. The average molecular weight is 226 g/mol. The summed E-state index contributed by atoms with van der Waals surface area (Å²) in [6.07, 6.45) is 5.52. The van der Waals surface area contributed by atoms with E-state index in [0.29, 0.717) is 0 Å². The second-order valence-corrected chi connectivity index (χ2v) is 5.46. The molecule has 0 spiro atoms. The van der Waals surface area contributed by atoms with Crippen LogP contribution in [0.4, 0.5) is 0 Å². The number of ether oxygens (including phenoxy) is 1. The van der Waals surface area contributed by atoms with E-state index in [1.165, 1.54) is 45.3 Å². The predicted molar refractivity (Wildman–Crippen MR) is 66.6 cm³/mol. The van der Waals surface area contributed by atoms with Gasteiger partial charge in [0.1, 0.15) is 0 Å². The monoisotopic (exact) mass is 226 g/mol. The van der Waals surface area contributed by atoms with Gasteiger partial charge in [-0.3, -0.25) is 0 Å². The molecule has 2 fully saturated rings. The third kappa shape index (κ3) is 2.96. The van der Waals surface area contributed by atoms with Gasteiger partial charge in [-0.25, -0.2) is 0 Å². The van der Waals surface area contributed by atoms with Crippen LogP contribution in [0.2, 0.25) is 0 Å². The molecular formula is C13H26N2O. The molecule has 0 aromatic rings. The first kappa shape index (κ1) is 12.3. The highest BCUT2D eigenvalue weighted by Gasteiger charge is 2.30. The highest BCUT2D eigenvalue weighted by molar-refractivity contribution is 4.86. The maximum atomic E-state index is 5.25. The van der Waals surface area contributed by atoms with Gasteiger partial charge in [0.05, 0.1) is 6.61 Å². The summed E-state index contributed by atoms with van der Waals surface area (Å²) < 4.78 is 5.25. The van der Waals surface area contributed by atoms with Crippen molar-refractivity contribution in [2.24, 2.45) is 11.8 Å². The summed E-state index contributed by atoms with van der Waals surface area (Å²) >= 11 is 0. The van der Waals surface area contributed by atoms with E-state index in [1.807, 2.05) is 7.11 Å². The van der Waals surface area contributed by atoms with Crippen molar-refractivity contribution in [3.05, 3.63) is 0 Å². The lowest BCUT2D eigenvalue weighted by atomic mass is 10.0. The second kappa shape index (κ2) is 5.99. The number of methoxy groups -OCH3 is 1. The lowest BCUT2D eigenvalue weighted by Gasteiger charge is -2.25. The maximum absolute atomic E-state index is 5.25. The molecule has 0 aromatic heterocycles. The van der Waals surface area contributed by atoms with Crippen LogP contribution in [0.1, 0.15) is 25.7 Å². The normalized spacial score (nSPS) is 36.0. The Morgan fingerprint density at radius 2 is 2.19 bits per heavy atom. The minimum Gasteiger partial charge on any atom is -0.384 e. The summed E-state index contributed by atoms with van der Waals surface area (Å²) in [5, 5.41) is 3.47.